The SMILES string of the molecule is COCCNC[C@]12CCC[C@H]1OCC2. The Labute approximate surface area is 86.2 Å². The Bertz CT molecular complexity index is 174. The number of rotatable bonds is 5. The smallest absolute Gasteiger partial charge is 0.0644 e. The van der Waals surface area contributed by atoms with Crippen LogP contribution in [0.15, 0.2) is 0 Å². The molecular formula is C11H21NO2. The summed E-state index contributed by atoms with van der Waals surface area (Å²) in [7, 11) is 1.75. The topological polar surface area (TPSA) is 30.5 Å². The molecule has 1 aliphatic carbocycles. The van der Waals surface area contributed by atoms with E-state index in [2.05, 4.69) is 5.32 Å². The summed E-state index contributed by atoms with van der Waals surface area (Å²) < 4.78 is 10.8. The molecule has 1 saturated carbocycles. The van der Waals surface area contributed by atoms with Crippen molar-refractivity contribution in [3.05, 3.63) is 0 Å². The Morgan fingerprint density at radius 3 is 3.29 bits per heavy atom. The summed E-state index contributed by atoms with van der Waals surface area (Å²) in [6.07, 6.45) is 5.75. The van der Waals surface area contributed by atoms with Crippen molar-refractivity contribution < 1.29 is 9.47 Å². The first-order valence-corrected chi connectivity index (χ1v) is 5.69. The minimum absolute atomic E-state index is 0.466. The fourth-order valence-corrected chi connectivity index (χ4v) is 2.86. The molecule has 2 aliphatic rings. The fourth-order valence-electron chi connectivity index (χ4n) is 2.86. The maximum absolute atomic E-state index is 5.77. The van der Waals surface area contributed by atoms with Gasteiger partial charge in [0, 0.05) is 32.2 Å². The van der Waals surface area contributed by atoms with Crippen LogP contribution < -0.4 is 5.32 Å². The lowest BCUT2D eigenvalue weighted by molar-refractivity contribution is 0.0690. The molecule has 1 aliphatic heterocycles. The molecule has 82 valence electrons. The van der Waals surface area contributed by atoms with Gasteiger partial charge in [0.05, 0.1) is 12.7 Å². The zero-order chi connectivity index (χ0) is 9.86. The zero-order valence-electron chi connectivity index (χ0n) is 9.05. The summed E-state index contributed by atoms with van der Waals surface area (Å²) in [6, 6.07) is 0. The van der Waals surface area contributed by atoms with Gasteiger partial charge in [0.2, 0.25) is 0 Å². The van der Waals surface area contributed by atoms with Crippen molar-refractivity contribution in [1.82, 2.24) is 5.32 Å². The first-order valence-electron chi connectivity index (χ1n) is 5.69. The van der Waals surface area contributed by atoms with Gasteiger partial charge in [-0.2, -0.15) is 0 Å². The third kappa shape index (κ3) is 1.95. The first-order chi connectivity index (χ1) is 6.87. The van der Waals surface area contributed by atoms with E-state index < -0.39 is 0 Å². The van der Waals surface area contributed by atoms with Gasteiger partial charge in [-0.3, -0.25) is 0 Å². The van der Waals surface area contributed by atoms with E-state index in [9.17, 15) is 0 Å². The quantitative estimate of drug-likeness (QED) is 0.674. The molecule has 0 spiro atoms. The van der Waals surface area contributed by atoms with Gasteiger partial charge in [0.25, 0.3) is 0 Å². The zero-order valence-corrected chi connectivity index (χ0v) is 9.05. The van der Waals surface area contributed by atoms with E-state index in [-0.39, 0.29) is 0 Å². The van der Waals surface area contributed by atoms with Gasteiger partial charge >= 0.3 is 0 Å². The van der Waals surface area contributed by atoms with Gasteiger partial charge in [-0.1, -0.05) is 6.42 Å². The lowest BCUT2D eigenvalue weighted by Crippen LogP contribution is -2.38. The molecule has 0 aromatic carbocycles. The maximum atomic E-state index is 5.77. The average Bonchev–Trinajstić information content (AvgIpc) is 2.71. The third-order valence-electron chi connectivity index (χ3n) is 3.70. The molecule has 2 rings (SSSR count). The van der Waals surface area contributed by atoms with Crippen LogP contribution in [0.4, 0.5) is 0 Å². The lowest BCUT2D eigenvalue weighted by Gasteiger charge is -2.27. The largest absolute Gasteiger partial charge is 0.383 e. The molecule has 0 aromatic rings. The van der Waals surface area contributed by atoms with E-state index in [1.807, 2.05) is 0 Å². The first kappa shape index (κ1) is 10.4. The van der Waals surface area contributed by atoms with Crippen LogP contribution >= 0.6 is 0 Å². The minimum Gasteiger partial charge on any atom is -0.383 e. The average molecular weight is 199 g/mol. The van der Waals surface area contributed by atoms with Crippen LogP contribution in [0.1, 0.15) is 25.7 Å². The molecule has 0 amide bonds. The molecule has 0 aromatic heterocycles. The molecule has 2 atom stereocenters. The highest BCUT2D eigenvalue weighted by molar-refractivity contribution is 4.97. The maximum Gasteiger partial charge on any atom is 0.0644 e. The molecule has 2 fully saturated rings. The second kappa shape index (κ2) is 4.60. The van der Waals surface area contributed by atoms with Crippen LogP contribution in [0.5, 0.6) is 0 Å². The van der Waals surface area contributed by atoms with Gasteiger partial charge in [-0.25, -0.2) is 0 Å². The Balaban J connectivity index is 1.77. The van der Waals surface area contributed by atoms with Gasteiger partial charge in [-0.05, 0) is 19.3 Å². The van der Waals surface area contributed by atoms with Crippen molar-refractivity contribution in [3.63, 3.8) is 0 Å². The predicted molar refractivity (Wildman–Crippen MR) is 55.4 cm³/mol. The minimum atomic E-state index is 0.466. The van der Waals surface area contributed by atoms with E-state index in [4.69, 9.17) is 9.47 Å². The lowest BCUT2D eigenvalue weighted by atomic mass is 9.83. The summed E-state index contributed by atoms with van der Waals surface area (Å²) in [4.78, 5) is 0. The van der Waals surface area contributed by atoms with Crippen molar-refractivity contribution in [2.45, 2.75) is 31.8 Å². The van der Waals surface area contributed by atoms with Crippen LogP contribution in [0.25, 0.3) is 0 Å². The number of hydrogen-bond donors (Lipinski definition) is 1. The fraction of sp³-hybridized carbons (Fsp3) is 1.00. The molecule has 1 heterocycles. The Morgan fingerprint density at radius 1 is 1.50 bits per heavy atom. The van der Waals surface area contributed by atoms with Crippen molar-refractivity contribution in [3.8, 4) is 0 Å². The number of hydrogen-bond acceptors (Lipinski definition) is 3. The van der Waals surface area contributed by atoms with E-state index in [1.165, 1.54) is 25.7 Å². The van der Waals surface area contributed by atoms with Gasteiger partial charge < -0.3 is 14.8 Å². The highest BCUT2D eigenvalue weighted by Gasteiger charge is 2.46. The monoisotopic (exact) mass is 199 g/mol. The normalized spacial score (nSPS) is 36.2. The number of ether oxygens (including phenoxy) is 2. The summed E-state index contributed by atoms with van der Waals surface area (Å²) in [5, 5.41) is 3.49. The van der Waals surface area contributed by atoms with Crippen LogP contribution in [0.3, 0.4) is 0 Å². The molecule has 0 radical (unpaired) electrons. The molecule has 0 bridgehead atoms. The standard InChI is InChI=1S/C11H21NO2/c1-13-8-6-12-9-11-4-2-3-10(11)14-7-5-11/h10,12H,2-9H2,1H3/t10-,11-/m1/s1. The van der Waals surface area contributed by atoms with E-state index in [0.29, 0.717) is 11.5 Å². The van der Waals surface area contributed by atoms with E-state index in [1.54, 1.807) is 7.11 Å². The van der Waals surface area contributed by atoms with Crippen molar-refractivity contribution in [1.29, 1.82) is 0 Å². The second-order valence-corrected chi connectivity index (χ2v) is 4.53. The molecule has 1 N–H and O–H groups in total. The Morgan fingerprint density at radius 2 is 2.43 bits per heavy atom. The molecule has 14 heavy (non-hydrogen) atoms. The predicted octanol–water partition coefficient (Wildman–Crippen LogP) is 1.18. The van der Waals surface area contributed by atoms with Gasteiger partial charge in [0.1, 0.15) is 0 Å². The molecule has 0 unspecified atom stereocenters. The van der Waals surface area contributed by atoms with Crippen molar-refractivity contribution >= 4 is 0 Å². The molecule has 1 saturated heterocycles. The third-order valence-corrected chi connectivity index (χ3v) is 3.70. The van der Waals surface area contributed by atoms with Crippen LogP contribution in [0.2, 0.25) is 0 Å². The summed E-state index contributed by atoms with van der Waals surface area (Å²) in [5.74, 6) is 0. The van der Waals surface area contributed by atoms with Crippen LogP contribution in [-0.2, 0) is 9.47 Å². The van der Waals surface area contributed by atoms with Crippen LogP contribution in [0, 0.1) is 5.41 Å². The Hall–Kier alpha value is -0.120. The summed E-state index contributed by atoms with van der Waals surface area (Å²) in [5.41, 5.74) is 0.466. The second-order valence-electron chi connectivity index (χ2n) is 4.53. The summed E-state index contributed by atoms with van der Waals surface area (Å²) >= 11 is 0. The number of fused-ring (bicyclic) bond motifs is 1. The Kier molecular flexibility index (Phi) is 3.42. The van der Waals surface area contributed by atoms with E-state index in [0.717, 1.165) is 26.3 Å². The summed E-state index contributed by atoms with van der Waals surface area (Å²) in [6.45, 7) is 3.85. The molecule has 3 heteroatoms. The van der Waals surface area contributed by atoms with Gasteiger partial charge in [-0.15, -0.1) is 0 Å². The highest BCUT2D eigenvalue weighted by Crippen LogP contribution is 2.46. The van der Waals surface area contributed by atoms with E-state index >= 15 is 0 Å². The molecular weight excluding hydrogens is 178 g/mol. The highest BCUT2D eigenvalue weighted by atomic mass is 16.5. The number of nitrogens with one attached hydrogen (secondary N) is 1. The number of methoxy groups -OCH3 is 1. The van der Waals surface area contributed by atoms with Crippen LogP contribution in [-0.4, -0.2) is 39.5 Å². The van der Waals surface area contributed by atoms with Crippen molar-refractivity contribution in [2.75, 3.05) is 33.4 Å². The molecule has 3 nitrogen and oxygen atoms in total. The van der Waals surface area contributed by atoms with Crippen molar-refractivity contribution in [2.24, 2.45) is 5.41 Å². The van der Waals surface area contributed by atoms with Gasteiger partial charge in [0.15, 0.2) is 0 Å².